The van der Waals surface area contributed by atoms with E-state index in [0.717, 1.165) is 39.8 Å². The third-order valence-electron chi connectivity index (χ3n) is 5.00. The Bertz CT molecular complexity index is 1070. The van der Waals surface area contributed by atoms with Gasteiger partial charge >= 0.3 is 6.09 Å². The molecule has 2 aromatic heterocycles. The first-order chi connectivity index (χ1) is 14.1. The molecule has 0 saturated heterocycles. The van der Waals surface area contributed by atoms with Gasteiger partial charge in [0.15, 0.2) is 0 Å². The first-order valence-corrected chi connectivity index (χ1v) is 9.42. The number of benzene rings is 1. The molecule has 1 N–H and O–H groups in total. The Morgan fingerprint density at radius 3 is 2.86 bits per heavy atom. The second-order valence-electron chi connectivity index (χ2n) is 6.99. The van der Waals surface area contributed by atoms with E-state index in [9.17, 15) is 9.59 Å². The predicted molar refractivity (Wildman–Crippen MR) is 110 cm³/mol. The molecular formula is C22H22N4O3. The van der Waals surface area contributed by atoms with Crippen LogP contribution in [0.2, 0.25) is 0 Å². The molecule has 1 aliphatic rings. The van der Waals surface area contributed by atoms with Crippen molar-refractivity contribution in [1.29, 1.82) is 0 Å². The molecule has 0 radical (unpaired) electrons. The van der Waals surface area contributed by atoms with Gasteiger partial charge < -0.3 is 19.5 Å². The van der Waals surface area contributed by atoms with E-state index in [0.29, 0.717) is 13.1 Å². The number of nitrogens with zero attached hydrogens (tertiary/aromatic N) is 3. The van der Waals surface area contributed by atoms with Crippen LogP contribution in [0.15, 0.2) is 54.7 Å². The number of fused-ring (bicyclic) bond motifs is 1. The molecule has 3 aromatic rings. The summed E-state index contributed by atoms with van der Waals surface area (Å²) in [6.07, 6.45) is 4.33. The van der Waals surface area contributed by atoms with Crippen LogP contribution in [0, 0.1) is 0 Å². The Morgan fingerprint density at radius 2 is 2.10 bits per heavy atom. The van der Waals surface area contributed by atoms with Gasteiger partial charge in [-0.1, -0.05) is 36.4 Å². The molecule has 4 rings (SSSR count). The lowest BCUT2D eigenvalue weighted by molar-refractivity contribution is -0.116. The van der Waals surface area contributed by atoms with Crippen LogP contribution in [0.4, 0.5) is 4.79 Å². The van der Waals surface area contributed by atoms with Gasteiger partial charge in [0, 0.05) is 31.9 Å². The van der Waals surface area contributed by atoms with Crippen molar-refractivity contribution in [2.45, 2.75) is 13.2 Å². The zero-order valence-corrected chi connectivity index (χ0v) is 16.2. The molecule has 1 aromatic carbocycles. The zero-order valence-electron chi connectivity index (χ0n) is 16.2. The molecule has 0 fully saturated rings. The van der Waals surface area contributed by atoms with Crippen molar-refractivity contribution in [1.82, 2.24) is 19.8 Å². The molecule has 1 aliphatic heterocycles. The molecule has 2 amide bonds. The highest BCUT2D eigenvalue weighted by atomic mass is 16.5. The number of rotatable bonds is 6. The van der Waals surface area contributed by atoms with Crippen LogP contribution < -0.4 is 5.32 Å². The summed E-state index contributed by atoms with van der Waals surface area (Å²) in [6.45, 7) is 1.57. The predicted octanol–water partition coefficient (Wildman–Crippen LogP) is 2.86. The maximum atomic E-state index is 12.2. The van der Waals surface area contributed by atoms with Gasteiger partial charge in [-0.2, -0.15) is 0 Å². The lowest BCUT2D eigenvalue weighted by Crippen LogP contribution is -2.25. The van der Waals surface area contributed by atoms with Crippen LogP contribution >= 0.6 is 0 Å². The van der Waals surface area contributed by atoms with Crippen LogP contribution in [-0.2, 0) is 29.7 Å². The quantitative estimate of drug-likeness (QED) is 0.657. The van der Waals surface area contributed by atoms with Gasteiger partial charge in [0.25, 0.3) is 0 Å². The van der Waals surface area contributed by atoms with Crippen molar-refractivity contribution in [3.63, 3.8) is 0 Å². The highest BCUT2D eigenvalue weighted by molar-refractivity contribution is 5.83. The van der Waals surface area contributed by atoms with Crippen LogP contribution in [0.1, 0.15) is 16.8 Å². The summed E-state index contributed by atoms with van der Waals surface area (Å²) in [7, 11) is 1.97. The maximum Gasteiger partial charge on any atom is 0.407 e. The molecule has 0 bridgehead atoms. The Kier molecular flexibility index (Phi) is 5.29. The number of hydrogen-bond acceptors (Lipinski definition) is 4. The topological polar surface area (TPSA) is 76.5 Å². The largest absolute Gasteiger partial charge is 0.445 e. The van der Waals surface area contributed by atoms with Crippen molar-refractivity contribution in [3.05, 3.63) is 71.6 Å². The second-order valence-corrected chi connectivity index (χ2v) is 6.99. The minimum Gasteiger partial charge on any atom is -0.445 e. The number of carbonyl (C=O) groups excluding carboxylic acids is 2. The molecule has 0 saturated carbocycles. The number of aryl methyl sites for hydroxylation is 1. The van der Waals surface area contributed by atoms with Crippen LogP contribution in [0.25, 0.3) is 16.6 Å². The number of nitrogens with one attached hydrogen (secondary N) is 1. The SMILES string of the molecule is Cn1ccc2nc(CNC(=O)OCc3ccccc3)c(C3=CCN(C=O)C3)cc21. The molecule has 7 heteroatoms. The summed E-state index contributed by atoms with van der Waals surface area (Å²) in [4.78, 5) is 29.7. The Hall–Kier alpha value is -3.61. The van der Waals surface area contributed by atoms with Crippen molar-refractivity contribution >= 4 is 29.1 Å². The smallest absolute Gasteiger partial charge is 0.407 e. The molecule has 0 unspecified atom stereocenters. The van der Waals surface area contributed by atoms with E-state index in [1.165, 1.54) is 0 Å². The maximum absolute atomic E-state index is 12.2. The normalized spacial score (nSPS) is 13.4. The molecule has 0 atom stereocenters. The molecule has 0 spiro atoms. The van der Waals surface area contributed by atoms with E-state index in [-0.39, 0.29) is 13.2 Å². The van der Waals surface area contributed by atoms with Gasteiger partial charge in [-0.3, -0.25) is 4.79 Å². The third kappa shape index (κ3) is 4.13. The van der Waals surface area contributed by atoms with E-state index in [2.05, 4.69) is 11.4 Å². The average molecular weight is 390 g/mol. The van der Waals surface area contributed by atoms with Crippen molar-refractivity contribution in [2.75, 3.05) is 13.1 Å². The summed E-state index contributed by atoms with van der Waals surface area (Å²) >= 11 is 0. The van der Waals surface area contributed by atoms with Crippen LogP contribution in [0.3, 0.4) is 0 Å². The van der Waals surface area contributed by atoms with Gasteiger partial charge in [-0.05, 0) is 23.3 Å². The Balaban J connectivity index is 1.50. The summed E-state index contributed by atoms with van der Waals surface area (Å²) in [5, 5.41) is 2.79. The first kappa shape index (κ1) is 18.7. The summed E-state index contributed by atoms with van der Waals surface area (Å²) in [5.41, 5.74) is 5.50. The van der Waals surface area contributed by atoms with Crippen molar-refractivity contribution in [2.24, 2.45) is 7.05 Å². The average Bonchev–Trinajstić information content (AvgIpc) is 3.37. The monoisotopic (exact) mass is 390 g/mol. The number of hydrogen-bond donors (Lipinski definition) is 1. The minimum atomic E-state index is -0.496. The Labute approximate surface area is 168 Å². The minimum absolute atomic E-state index is 0.212. The molecule has 3 heterocycles. The first-order valence-electron chi connectivity index (χ1n) is 9.42. The standard InChI is InChI=1S/C22H22N4O3/c1-25-9-8-19-21(25)11-18(17-7-10-26(13-17)15-27)20(24-19)12-23-22(28)29-14-16-5-3-2-4-6-16/h2-9,11,15H,10,12-14H2,1H3,(H,23,28). The van der Waals surface area contributed by atoms with Crippen molar-refractivity contribution in [3.8, 4) is 0 Å². The molecule has 0 aliphatic carbocycles. The molecule has 148 valence electrons. The van der Waals surface area contributed by atoms with E-state index in [1.807, 2.05) is 60.3 Å². The number of carbonyl (C=O) groups is 2. The summed E-state index contributed by atoms with van der Waals surface area (Å²) < 4.78 is 7.29. The fraction of sp³-hybridized carbons (Fsp3) is 0.227. The van der Waals surface area contributed by atoms with E-state index >= 15 is 0 Å². The van der Waals surface area contributed by atoms with Gasteiger partial charge in [0.1, 0.15) is 6.61 Å². The van der Waals surface area contributed by atoms with Crippen molar-refractivity contribution < 1.29 is 14.3 Å². The fourth-order valence-electron chi connectivity index (χ4n) is 3.42. The van der Waals surface area contributed by atoms with Gasteiger partial charge in [-0.15, -0.1) is 0 Å². The molecule has 7 nitrogen and oxygen atoms in total. The van der Waals surface area contributed by atoms with Gasteiger partial charge in [0.2, 0.25) is 6.41 Å². The second kappa shape index (κ2) is 8.18. The van der Waals surface area contributed by atoms with Gasteiger partial charge in [-0.25, -0.2) is 9.78 Å². The molecule has 29 heavy (non-hydrogen) atoms. The Morgan fingerprint density at radius 1 is 1.28 bits per heavy atom. The lowest BCUT2D eigenvalue weighted by atomic mass is 10.0. The van der Waals surface area contributed by atoms with E-state index in [4.69, 9.17) is 9.72 Å². The fourth-order valence-corrected chi connectivity index (χ4v) is 3.42. The van der Waals surface area contributed by atoms with Crippen LogP contribution in [-0.4, -0.2) is 40.0 Å². The number of alkyl carbamates (subject to hydrolysis) is 1. The highest BCUT2D eigenvalue weighted by Gasteiger charge is 2.19. The zero-order chi connectivity index (χ0) is 20.2. The van der Waals surface area contributed by atoms with E-state index in [1.54, 1.807) is 4.90 Å². The number of pyridine rings is 1. The van der Waals surface area contributed by atoms with Gasteiger partial charge in [0.05, 0.1) is 23.3 Å². The highest BCUT2D eigenvalue weighted by Crippen LogP contribution is 2.26. The third-order valence-corrected chi connectivity index (χ3v) is 5.00. The molecular weight excluding hydrogens is 368 g/mol. The van der Waals surface area contributed by atoms with E-state index < -0.39 is 6.09 Å². The number of ether oxygens (including phenoxy) is 1. The number of aromatic nitrogens is 2. The lowest BCUT2D eigenvalue weighted by Gasteiger charge is -2.14. The summed E-state index contributed by atoms with van der Waals surface area (Å²) in [5.74, 6) is 0. The summed E-state index contributed by atoms with van der Waals surface area (Å²) in [6, 6.07) is 13.5. The number of amides is 2. The van der Waals surface area contributed by atoms with Crippen LogP contribution in [0.5, 0.6) is 0 Å².